The number of rotatable bonds is 4. The fraction of sp³-hybridized carbons (Fsp3) is 1.00. The van der Waals surface area contributed by atoms with Gasteiger partial charge >= 0.3 is 0 Å². The van der Waals surface area contributed by atoms with Crippen LogP contribution in [0.15, 0.2) is 0 Å². The zero-order valence-corrected chi connectivity index (χ0v) is 9.55. The van der Waals surface area contributed by atoms with Gasteiger partial charge in [-0.3, -0.25) is 0 Å². The second-order valence-corrected chi connectivity index (χ2v) is 5.00. The molecule has 0 aliphatic carbocycles. The molecule has 0 N–H and O–H groups in total. The van der Waals surface area contributed by atoms with E-state index in [1.807, 2.05) is 0 Å². The van der Waals surface area contributed by atoms with Gasteiger partial charge in [0.2, 0.25) is 0 Å². The third-order valence-electron chi connectivity index (χ3n) is 2.37. The van der Waals surface area contributed by atoms with Crippen molar-refractivity contribution in [3.63, 3.8) is 0 Å². The number of ether oxygens (including phenoxy) is 1. The largest absolute Gasteiger partial charge is 0.376 e. The summed E-state index contributed by atoms with van der Waals surface area (Å²) < 4.78 is 18.4. The van der Waals surface area contributed by atoms with Crippen LogP contribution in [0.5, 0.6) is 0 Å². The summed E-state index contributed by atoms with van der Waals surface area (Å²) >= 11 is 0. The van der Waals surface area contributed by atoms with E-state index in [1.165, 1.54) is 0 Å². The van der Waals surface area contributed by atoms with E-state index in [1.54, 1.807) is 0 Å². The predicted molar refractivity (Wildman–Crippen MR) is 56.3 cm³/mol. The van der Waals surface area contributed by atoms with Crippen molar-refractivity contribution in [1.29, 1.82) is 0 Å². The topological polar surface area (TPSA) is 12.5 Å². The zero-order valence-electron chi connectivity index (χ0n) is 9.55. The molecule has 1 aliphatic rings. The van der Waals surface area contributed by atoms with Crippen molar-refractivity contribution in [3.8, 4) is 0 Å². The maximum Gasteiger partial charge on any atom is 0.114 e. The van der Waals surface area contributed by atoms with Crippen molar-refractivity contribution in [2.75, 3.05) is 26.2 Å². The fourth-order valence-electron chi connectivity index (χ4n) is 1.65. The first-order valence-electron chi connectivity index (χ1n) is 5.48. The van der Waals surface area contributed by atoms with Gasteiger partial charge < -0.3 is 9.64 Å². The second kappa shape index (κ2) is 5.08. The molecule has 84 valence electrons. The van der Waals surface area contributed by atoms with E-state index in [0.29, 0.717) is 13.0 Å². The molecule has 2 nitrogen and oxygen atoms in total. The van der Waals surface area contributed by atoms with Crippen LogP contribution in [0.3, 0.4) is 0 Å². The third-order valence-corrected chi connectivity index (χ3v) is 2.37. The van der Waals surface area contributed by atoms with Crippen LogP contribution in [0, 0.1) is 0 Å². The van der Waals surface area contributed by atoms with Crippen molar-refractivity contribution >= 4 is 0 Å². The molecule has 0 saturated carbocycles. The highest BCUT2D eigenvalue weighted by atomic mass is 19.1. The number of nitrogens with zero attached hydrogens (tertiary/aromatic N) is 1. The molecule has 3 heteroatoms. The average molecular weight is 203 g/mol. The minimum absolute atomic E-state index is 0.0480. The van der Waals surface area contributed by atoms with Crippen molar-refractivity contribution < 1.29 is 9.13 Å². The summed E-state index contributed by atoms with van der Waals surface area (Å²) in [6.07, 6.45) is 1.11. The first kappa shape index (κ1) is 11.9. The van der Waals surface area contributed by atoms with Crippen molar-refractivity contribution in [2.45, 2.75) is 45.4 Å². The Morgan fingerprint density at radius 1 is 1.43 bits per heavy atom. The monoisotopic (exact) mass is 203 g/mol. The van der Waals surface area contributed by atoms with Crippen LogP contribution in [-0.4, -0.2) is 42.9 Å². The Balaban J connectivity index is 1.99. The number of likely N-dealkylation sites (tertiary alicyclic amines) is 1. The average Bonchev–Trinajstić information content (AvgIpc) is 2.44. The van der Waals surface area contributed by atoms with Gasteiger partial charge in [-0.2, -0.15) is 0 Å². The smallest absolute Gasteiger partial charge is 0.114 e. The van der Waals surface area contributed by atoms with Gasteiger partial charge in [-0.05, 0) is 33.6 Å². The SMILES string of the molecule is CC(C)(C)OCCCN1CC[C@H](F)C1. The fourth-order valence-corrected chi connectivity index (χ4v) is 1.65. The minimum Gasteiger partial charge on any atom is -0.376 e. The molecule has 0 unspecified atom stereocenters. The molecule has 0 radical (unpaired) electrons. The van der Waals surface area contributed by atoms with E-state index in [0.717, 1.165) is 26.1 Å². The highest BCUT2D eigenvalue weighted by Crippen LogP contribution is 2.13. The zero-order chi connectivity index (χ0) is 10.6. The Bertz CT molecular complexity index is 167. The molecule has 1 heterocycles. The molecule has 0 aromatic carbocycles. The number of alkyl halides is 1. The van der Waals surface area contributed by atoms with Crippen LogP contribution in [-0.2, 0) is 4.74 Å². The number of halogens is 1. The predicted octanol–water partition coefficient (Wildman–Crippen LogP) is 2.24. The molecule has 1 atom stereocenters. The molecule has 0 aromatic rings. The maximum absolute atomic E-state index is 12.8. The lowest BCUT2D eigenvalue weighted by Crippen LogP contribution is -2.25. The Morgan fingerprint density at radius 2 is 2.14 bits per heavy atom. The first-order chi connectivity index (χ1) is 6.47. The molecule has 0 aromatic heterocycles. The molecule has 1 fully saturated rings. The van der Waals surface area contributed by atoms with Crippen LogP contribution < -0.4 is 0 Å². The molecule has 14 heavy (non-hydrogen) atoms. The van der Waals surface area contributed by atoms with Gasteiger partial charge in [-0.1, -0.05) is 0 Å². The Hall–Kier alpha value is -0.150. The standard InChI is InChI=1S/C11H22FNO/c1-11(2,3)14-8-4-6-13-7-5-10(12)9-13/h10H,4-9H2,1-3H3/t10-/m0/s1. The normalized spacial score (nSPS) is 24.4. The van der Waals surface area contributed by atoms with Gasteiger partial charge in [0.15, 0.2) is 0 Å². The van der Waals surface area contributed by atoms with Crippen molar-refractivity contribution in [2.24, 2.45) is 0 Å². The molecule has 1 aliphatic heterocycles. The van der Waals surface area contributed by atoms with E-state index < -0.39 is 6.17 Å². The van der Waals surface area contributed by atoms with E-state index >= 15 is 0 Å². The minimum atomic E-state index is -0.599. The van der Waals surface area contributed by atoms with E-state index in [4.69, 9.17) is 4.74 Å². The highest BCUT2D eigenvalue weighted by Gasteiger charge is 2.20. The van der Waals surface area contributed by atoms with Gasteiger partial charge in [0, 0.05) is 26.2 Å². The molecule has 1 saturated heterocycles. The summed E-state index contributed by atoms with van der Waals surface area (Å²) in [4.78, 5) is 2.18. The van der Waals surface area contributed by atoms with Crippen LogP contribution >= 0.6 is 0 Å². The van der Waals surface area contributed by atoms with Crippen LogP contribution in [0.2, 0.25) is 0 Å². The Labute approximate surface area is 86.4 Å². The molecule has 0 amide bonds. The highest BCUT2D eigenvalue weighted by molar-refractivity contribution is 4.74. The summed E-state index contributed by atoms with van der Waals surface area (Å²) in [6, 6.07) is 0. The van der Waals surface area contributed by atoms with Gasteiger partial charge in [0.1, 0.15) is 6.17 Å². The second-order valence-electron chi connectivity index (χ2n) is 5.00. The lowest BCUT2D eigenvalue weighted by atomic mass is 10.2. The summed E-state index contributed by atoms with van der Waals surface area (Å²) in [5.41, 5.74) is -0.0480. The summed E-state index contributed by atoms with van der Waals surface area (Å²) in [6.45, 7) is 9.45. The van der Waals surface area contributed by atoms with Gasteiger partial charge in [-0.25, -0.2) is 4.39 Å². The molecular weight excluding hydrogens is 181 g/mol. The Kier molecular flexibility index (Phi) is 4.32. The quantitative estimate of drug-likeness (QED) is 0.650. The summed E-state index contributed by atoms with van der Waals surface area (Å²) in [7, 11) is 0. The van der Waals surface area contributed by atoms with E-state index in [-0.39, 0.29) is 5.60 Å². The van der Waals surface area contributed by atoms with Gasteiger partial charge in [0.05, 0.1) is 5.60 Å². The Morgan fingerprint density at radius 3 is 2.64 bits per heavy atom. The number of hydrogen-bond acceptors (Lipinski definition) is 2. The maximum atomic E-state index is 12.8. The molecule has 0 bridgehead atoms. The van der Waals surface area contributed by atoms with E-state index in [9.17, 15) is 4.39 Å². The third kappa shape index (κ3) is 4.91. The molecular formula is C11H22FNO. The van der Waals surface area contributed by atoms with Crippen molar-refractivity contribution in [3.05, 3.63) is 0 Å². The van der Waals surface area contributed by atoms with E-state index in [2.05, 4.69) is 25.7 Å². The molecule has 0 spiro atoms. The van der Waals surface area contributed by atoms with Crippen LogP contribution in [0.25, 0.3) is 0 Å². The van der Waals surface area contributed by atoms with Gasteiger partial charge in [-0.15, -0.1) is 0 Å². The van der Waals surface area contributed by atoms with Crippen LogP contribution in [0.1, 0.15) is 33.6 Å². The lowest BCUT2D eigenvalue weighted by Gasteiger charge is -2.21. The van der Waals surface area contributed by atoms with Crippen LogP contribution in [0.4, 0.5) is 4.39 Å². The molecule has 1 rings (SSSR count). The lowest BCUT2D eigenvalue weighted by molar-refractivity contribution is -0.00646. The van der Waals surface area contributed by atoms with Gasteiger partial charge in [0.25, 0.3) is 0 Å². The summed E-state index contributed by atoms with van der Waals surface area (Å²) in [5.74, 6) is 0. The number of hydrogen-bond donors (Lipinski definition) is 0. The summed E-state index contributed by atoms with van der Waals surface area (Å²) in [5, 5.41) is 0. The first-order valence-corrected chi connectivity index (χ1v) is 5.48. The van der Waals surface area contributed by atoms with Crippen molar-refractivity contribution in [1.82, 2.24) is 4.90 Å².